The Balaban J connectivity index is 1.80. The van der Waals surface area contributed by atoms with E-state index in [-0.39, 0.29) is 18.6 Å². The third-order valence-corrected chi connectivity index (χ3v) is 4.17. The summed E-state index contributed by atoms with van der Waals surface area (Å²) in [6.07, 6.45) is 3.49. The van der Waals surface area contributed by atoms with Gasteiger partial charge in [-0.1, -0.05) is 13.0 Å². The molecule has 116 valence electrons. The number of hydrogen-bond donors (Lipinski definition) is 2. The van der Waals surface area contributed by atoms with Gasteiger partial charge < -0.3 is 15.4 Å². The highest BCUT2D eigenvalue weighted by atomic mass is 79.9. The minimum atomic E-state index is -0.0873. The molecule has 1 amide bonds. The Morgan fingerprint density at radius 2 is 2.24 bits per heavy atom. The van der Waals surface area contributed by atoms with Crippen molar-refractivity contribution in [3.8, 4) is 5.75 Å². The van der Waals surface area contributed by atoms with Gasteiger partial charge in [-0.3, -0.25) is 4.79 Å². The van der Waals surface area contributed by atoms with Crippen LogP contribution in [0.5, 0.6) is 5.75 Å². The van der Waals surface area contributed by atoms with Crippen molar-refractivity contribution in [2.24, 2.45) is 0 Å². The van der Waals surface area contributed by atoms with Crippen molar-refractivity contribution >= 4 is 21.8 Å². The molecule has 0 aromatic heterocycles. The summed E-state index contributed by atoms with van der Waals surface area (Å²) in [5, 5.41) is 6.35. The van der Waals surface area contributed by atoms with Gasteiger partial charge in [0.25, 0.3) is 5.91 Å². The normalized spacial score (nSPS) is 15.6. The maximum atomic E-state index is 11.7. The van der Waals surface area contributed by atoms with Crippen LogP contribution in [0.1, 0.15) is 38.7 Å². The zero-order valence-electron chi connectivity index (χ0n) is 12.6. The Labute approximate surface area is 134 Å². The highest BCUT2D eigenvalue weighted by Gasteiger charge is 2.20. The average molecular weight is 355 g/mol. The van der Waals surface area contributed by atoms with E-state index in [1.807, 2.05) is 32.0 Å². The van der Waals surface area contributed by atoms with Crippen LogP contribution < -0.4 is 15.4 Å². The molecule has 21 heavy (non-hydrogen) atoms. The molecular formula is C16H23BrN2O2. The number of nitrogens with one attached hydrogen (secondary N) is 2. The number of amides is 1. The highest BCUT2D eigenvalue weighted by molar-refractivity contribution is 9.10. The van der Waals surface area contributed by atoms with E-state index in [1.165, 1.54) is 18.4 Å². The number of hydrogen-bond acceptors (Lipinski definition) is 3. The van der Waals surface area contributed by atoms with Gasteiger partial charge in [-0.05, 0) is 59.8 Å². The molecule has 0 saturated heterocycles. The summed E-state index contributed by atoms with van der Waals surface area (Å²) in [7, 11) is 0. The molecule has 0 radical (unpaired) electrons. The largest absolute Gasteiger partial charge is 0.483 e. The first-order valence-electron chi connectivity index (χ1n) is 7.52. The van der Waals surface area contributed by atoms with Crippen molar-refractivity contribution in [2.45, 2.75) is 51.7 Å². The number of benzene rings is 1. The van der Waals surface area contributed by atoms with Crippen LogP contribution in [-0.2, 0) is 11.3 Å². The summed E-state index contributed by atoms with van der Waals surface area (Å²) in [6, 6.07) is 6.86. The molecule has 0 spiro atoms. The summed E-state index contributed by atoms with van der Waals surface area (Å²) in [6.45, 7) is 4.94. The molecule has 1 aromatic carbocycles. The second-order valence-corrected chi connectivity index (χ2v) is 6.44. The number of rotatable bonds is 8. The first kappa shape index (κ1) is 16.3. The molecule has 2 N–H and O–H groups in total. The van der Waals surface area contributed by atoms with Crippen LogP contribution in [0.25, 0.3) is 0 Å². The lowest BCUT2D eigenvalue weighted by molar-refractivity contribution is -0.123. The molecule has 1 aromatic rings. The molecule has 2 rings (SSSR count). The van der Waals surface area contributed by atoms with E-state index in [0.29, 0.717) is 11.8 Å². The smallest absolute Gasteiger partial charge is 0.258 e. The zero-order valence-corrected chi connectivity index (χ0v) is 14.2. The molecule has 1 aliphatic rings. The molecule has 1 aliphatic carbocycles. The van der Waals surface area contributed by atoms with Crippen molar-refractivity contribution in [1.29, 1.82) is 0 Å². The molecule has 0 bridgehead atoms. The van der Waals surface area contributed by atoms with Crippen LogP contribution in [0, 0.1) is 0 Å². The molecule has 0 aliphatic heterocycles. The zero-order chi connectivity index (χ0) is 15.2. The summed E-state index contributed by atoms with van der Waals surface area (Å²) in [4.78, 5) is 11.7. The molecule has 1 unspecified atom stereocenters. The molecule has 0 heterocycles. The van der Waals surface area contributed by atoms with Crippen molar-refractivity contribution in [3.63, 3.8) is 0 Å². The van der Waals surface area contributed by atoms with Gasteiger partial charge in [-0.2, -0.15) is 0 Å². The standard InChI is InChI=1S/C16H23BrN2O2/c1-3-11(2)19-16(20)10-21-15-7-4-12(8-14(15)17)9-18-13-5-6-13/h4,7-8,11,13,18H,3,5-6,9-10H2,1-2H3,(H,19,20). The molecular weight excluding hydrogens is 332 g/mol. The highest BCUT2D eigenvalue weighted by Crippen LogP contribution is 2.26. The Morgan fingerprint density at radius 3 is 2.86 bits per heavy atom. The van der Waals surface area contributed by atoms with E-state index < -0.39 is 0 Å². The molecule has 1 atom stereocenters. The predicted octanol–water partition coefficient (Wildman–Crippen LogP) is 2.99. The Kier molecular flexibility index (Phi) is 6.06. The maximum absolute atomic E-state index is 11.7. The van der Waals surface area contributed by atoms with Crippen LogP contribution in [0.4, 0.5) is 0 Å². The predicted molar refractivity (Wildman–Crippen MR) is 87.4 cm³/mol. The summed E-state index contributed by atoms with van der Waals surface area (Å²) in [5.74, 6) is 0.611. The first-order valence-corrected chi connectivity index (χ1v) is 8.31. The number of halogens is 1. The Bertz CT molecular complexity index is 489. The third kappa shape index (κ3) is 5.67. The van der Waals surface area contributed by atoms with E-state index in [0.717, 1.165) is 17.4 Å². The van der Waals surface area contributed by atoms with E-state index in [4.69, 9.17) is 4.74 Å². The lowest BCUT2D eigenvalue weighted by atomic mass is 10.2. The Morgan fingerprint density at radius 1 is 1.48 bits per heavy atom. The second-order valence-electron chi connectivity index (χ2n) is 5.59. The first-order chi connectivity index (χ1) is 10.1. The fourth-order valence-electron chi connectivity index (χ4n) is 1.88. The van der Waals surface area contributed by atoms with Gasteiger partial charge in [-0.25, -0.2) is 0 Å². The van der Waals surface area contributed by atoms with Crippen LogP contribution in [0.15, 0.2) is 22.7 Å². The van der Waals surface area contributed by atoms with Crippen molar-refractivity contribution in [3.05, 3.63) is 28.2 Å². The topological polar surface area (TPSA) is 50.4 Å². The van der Waals surface area contributed by atoms with Crippen molar-refractivity contribution in [1.82, 2.24) is 10.6 Å². The summed E-state index contributed by atoms with van der Waals surface area (Å²) < 4.78 is 6.44. The molecule has 1 saturated carbocycles. The number of carbonyl (C=O) groups excluding carboxylic acids is 1. The van der Waals surface area contributed by atoms with Crippen LogP contribution >= 0.6 is 15.9 Å². The quantitative estimate of drug-likeness (QED) is 0.754. The van der Waals surface area contributed by atoms with Gasteiger partial charge in [0.2, 0.25) is 0 Å². The van der Waals surface area contributed by atoms with Crippen molar-refractivity contribution < 1.29 is 9.53 Å². The SMILES string of the molecule is CCC(C)NC(=O)COc1ccc(CNC2CC2)cc1Br. The number of ether oxygens (including phenoxy) is 1. The minimum absolute atomic E-state index is 0.0443. The van der Waals surface area contributed by atoms with Crippen LogP contribution in [0.3, 0.4) is 0 Å². The fraction of sp³-hybridized carbons (Fsp3) is 0.562. The lowest BCUT2D eigenvalue weighted by Gasteiger charge is -2.13. The summed E-state index contributed by atoms with van der Waals surface area (Å²) in [5.41, 5.74) is 1.21. The van der Waals surface area contributed by atoms with Gasteiger partial charge in [-0.15, -0.1) is 0 Å². The van der Waals surface area contributed by atoms with E-state index in [9.17, 15) is 4.79 Å². The summed E-state index contributed by atoms with van der Waals surface area (Å²) >= 11 is 3.50. The van der Waals surface area contributed by atoms with E-state index in [2.05, 4.69) is 26.6 Å². The van der Waals surface area contributed by atoms with Crippen LogP contribution in [0.2, 0.25) is 0 Å². The van der Waals surface area contributed by atoms with Gasteiger partial charge in [0.15, 0.2) is 6.61 Å². The van der Waals surface area contributed by atoms with Gasteiger partial charge in [0, 0.05) is 18.6 Å². The molecule has 1 fully saturated rings. The minimum Gasteiger partial charge on any atom is -0.483 e. The van der Waals surface area contributed by atoms with Gasteiger partial charge in [0.05, 0.1) is 4.47 Å². The van der Waals surface area contributed by atoms with Gasteiger partial charge >= 0.3 is 0 Å². The third-order valence-electron chi connectivity index (χ3n) is 3.55. The fourth-order valence-corrected chi connectivity index (χ4v) is 2.42. The van der Waals surface area contributed by atoms with Gasteiger partial charge in [0.1, 0.15) is 5.75 Å². The van der Waals surface area contributed by atoms with Crippen LogP contribution in [-0.4, -0.2) is 24.6 Å². The second kappa shape index (κ2) is 7.80. The molecule has 5 heteroatoms. The molecule has 4 nitrogen and oxygen atoms in total. The average Bonchev–Trinajstić information content (AvgIpc) is 3.28. The number of carbonyl (C=O) groups is 1. The van der Waals surface area contributed by atoms with E-state index in [1.54, 1.807) is 0 Å². The monoisotopic (exact) mass is 354 g/mol. The maximum Gasteiger partial charge on any atom is 0.258 e. The Hall–Kier alpha value is -1.07. The lowest BCUT2D eigenvalue weighted by Crippen LogP contribution is -2.35. The van der Waals surface area contributed by atoms with E-state index >= 15 is 0 Å². The van der Waals surface area contributed by atoms with Crippen molar-refractivity contribution in [2.75, 3.05) is 6.61 Å².